The molecule has 1 aliphatic rings. The van der Waals surface area contributed by atoms with Gasteiger partial charge in [-0.05, 0) is 36.8 Å². The van der Waals surface area contributed by atoms with Crippen molar-refractivity contribution < 1.29 is 17.9 Å². The number of hydrogen-bond donors (Lipinski definition) is 2. The van der Waals surface area contributed by atoms with Crippen LogP contribution in [-0.2, 0) is 14.8 Å². The van der Waals surface area contributed by atoms with Crippen LogP contribution in [0.5, 0.6) is 5.75 Å². The molecular formula is C21H25N5O4S. The van der Waals surface area contributed by atoms with Crippen LogP contribution in [0.25, 0.3) is 10.9 Å². The number of carbonyl (C=O) groups is 1. The van der Waals surface area contributed by atoms with Gasteiger partial charge in [-0.1, -0.05) is 6.92 Å². The Kier molecular flexibility index (Phi) is 5.59. The SMILES string of the molecule is CCN(CC(=O)Nc1ccc2c(c1)OCCN2C)S(=O)(=O)c1cc(C)cc2cn[nH]c12. The van der Waals surface area contributed by atoms with Gasteiger partial charge in [0.1, 0.15) is 17.3 Å². The molecule has 1 amide bonds. The fourth-order valence-corrected chi connectivity index (χ4v) is 5.34. The molecule has 9 nitrogen and oxygen atoms in total. The molecule has 0 unspecified atom stereocenters. The molecule has 0 saturated carbocycles. The van der Waals surface area contributed by atoms with Crippen LogP contribution in [0.1, 0.15) is 12.5 Å². The molecule has 3 aromatic rings. The van der Waals surface area contributed by atoms with Crippen molar-refractivity contribution in [1.82, 2.24) is 14.5 Å². The van der Waals surface area contributed by atoms with Crippen LogP contribution in [0.4, 0.5) is 11.4 Å². The van der Waals surface area contributed by atoms with Gasteiger partial charge in [0.2, 0.25) is 15.9 Å². The van der Waals surface area contributed by atoms with Gasteiger partial charge in [0.25, 0.3) is 0 Å². The summed E-state index contributed by atoms with van der Waals surface area (Å²) in [5.74, 6) is 0.260. The highest BCUT2D eigenvalue weighted by Crippen LogP contribution is 2.33. The van der Waals surface area contributed by atoms with Crippen molar-refractivity contribution in [3.63, 3.8) is 0 Å². The highest BCUT2D eigenvalue weighted by atomic mass is 32.2. The summed E-state index contributed by atoms with van der Waals surface area (Å²) >= 11 is 0. The first-order valence-electron chi connectivity index (χ1n) is 10.0. The third-order valence-electron chi connectivity index (χ3n) is 5.29. The molecule has 1 aromatic heterocycles. The van der Waals surface area contributed by atoms with E-state index in [9.17, 15) is 13.2 Å². The Labute approximate surface area is 181 Å². The number of carbonyl (C=O) groups excluding carboxylic acids is 1. The minimum Gasteiger partial charge on any atom is -0.489 e. The summed E-state index contributed by atoms with van der Waals surface area (Å²) in [5.41, 5.74) is 2.73. The highest BCUT2D eigenvalue weighted by molar-refractivity contribution is 7.89. The molecule has 31 heavy (non-hydrogen) atoms. The average Bonchev–Trinajstić information content (AvgIpc) is 3.19. The Morgan fingerprint density at radius 1 is 1.32 bits per heavy atom. The number of H-pyrrole nitrogens is 1. The first-order chi connectivity index (χ1) is 14.8. The monoisotopic (exact) mass is 443 g/mol. The van der Waals surface area contributed by atoms with Crippen LogP contribution in [0.2, 0.25) is 0 Å². The van der Waals surface area contributed by atoms with Gasteiger partial charge in [-0.15, -0.1) is 0 Å². The second-order valence-corrected chi connectivity index (χ2v) is 9.44. The molecule has 0 spiro atoms. The van der Waals surface area contributed by atoms with Crippen molar-refractivity contribution in [2.24, 2.45) is 0 Å². The van der Waals surface area contributed by atoms with Gasteiger partial charge in [-0.25, -0.2) is 8.42 Å². The molecule has 4 rings (SSSR count). The number of hydrogen-bond acceptors (Lipinski definition) is 6. The summed E-state index contributed by atoms with van der Waals surface area (Å²) in [7, 11) is -1.93. The Morgan fingerprint density at radius 3 is 2.90 bits per heavy atom. The fourth-order valence-electron chi connectivity index (χ4n) is 3.67. The Bertz CT molecular complexity index is 1240. The Morgan fingerprint density at radius 2 is 2.13 bits per heavy atom. The zero-order chi connectivity index (χ0) is 22.2. The summed E-state index contributed by atoms with van der Waals surface area (Å²) in [6.07, 6.45) is 1.58. The number of nitrogens with one attached hydrogen (secondary N) is 2. The second kappa shape index (κ2) is 8.20. The van der Waals surface area contributed by atoms with Crippen molar-refractivity contribution in [2.45, 2.75) is 18.7 Å². The first kappa shape index (κ1) is 21.1. The molecular weight excluding hydrogens is 418 g/mol. The number of sulfonamides is 1. The van der Waals surface area contributed by atoms with E-state index in [0.29, 0.717) is 28.9 Å². The van der Waals surface area contributed by atoms with Gasteiger partial charge in [-0.3, -0.25) is 9.89 Å². The lowest BCUT2D eigenvalue weighted by molar-refractivity contribution is -0.116. The third kappa shape index (κ3) is 4.08. The zero-order valence-corrected chi connectivity index (χ0v) is 18.5. The second-order valence-electron chi connectivity index (χ2n) is 7.53. The van der Waals surface area contributed by atoms with E-state index in [-0.39, 0.29) is 18.0 Å². The molecule has 164 valence electrons. The lowest BCUT2D eigenvalue weighted by Gasteiger charge is -2.28. The average molecular weight is 444 g/mol. The van der Waals surface area contributed by atoms with Gasteiger partial charge in [-0.2, -0.15) is 9.40 Å². The number of aromatic amines is 1. The Hall–Kier alpha value is -3.11. The number of ether oxygens (including phenoxy) is 1. The van der Waals surface area contributed by atoms with Gasteiger partial charge < -0.3 is 15.0 Å². The van der Waals surface area contributed by atoms with Crippen LogP contribution >= 0.6 is 0 Å². The van der Waals surface area contributed by atoms with E-state index >= 15 is 0 Å². The molecule has 0 radical (unpaired) electrons. The van der Waals surface area contributed by atoms with E-state index in [1.807, 2.05) is 26.1 Å². The van der Waals surface area contributed by atoms with Gasteiger partial charge in [0.15, 0.2) is 0 Å². The summed E-state index contributed by atoms with van der Waals surface area (Å²) in [4.78, 5) is 14.9. The number of aryl methyl sites for hydroxylation is 1. The van der Waals surface area contributed by atoms with E-state index in [1.54, 1.807) is 31.3 Å². The van der Waals surface area contributed by atoms with E-state index in [4.69, 9.17) is 4.74 Å². The predicted molar refractivity (Wildman–Crippen MR) is 119 cm³/mol. The molecule has 10 heteroatoms. The van der Waals surface area contributed by atoms with Crippen LogP contribution in [-0.4, -0.2) is 62.1 Å². The van der Waals surface area contributed by atoms with Crippen LogP contribution in [0, 0.1) is 6.92 Å². The predicted octanol–water partition coefficient (Wildman–Crippen LogP) is 2.35. The van der Waals surface area contributed by atoms with E-state index in [0.717, 1.165) is 22.1 Å². The molecule has 1 aliphatic heterocycles. The Balaban J connectivity index is 1.54. The van der Waals surface area contributed by atoms with E-state index in [2.05, 4.69) is 20.4 Å². The zero-order valence-electron chi connectivity index (χ0n) is 17.7. The van der Waals surface area contributed by atoms with Crippen molar-refractivity contribution in [3.8, 4) is 5.75 Å². The van der Waals surface area contributed by atoms with Crippen molar-refractivity contribution in [1.29, 1.82) is 0 Å². The van der Waals surface area contributed by atoms with Crippen LogP contribution in [0.3, 0.4) is 0 Å². The van der Waals surface area contributed by atoms with Crippen LogP contribution in [0.15, 0.2) is 41.4 Å². The maximum absolute atomic E-state index is 13.3. The summed E-state index contributed by atoms with van der Waals surface area (Å²) in [6, 6.07) is 8.86. The van der Waals surface area contributed by atoms with E-state index < -0.39 is 15.9 Å². The molecule has 0 fully saturated rings. The number of benzene rings is 2. The number of amides is 1. The number of anilines is 2. The van der Waals surface area contributed by atoms with Crippen molar-refractivity contribution in [3.05, 3.63) is 42.1 Å². The summed E-state index contributed by atoms with van der Waals surface area (Å²) in [6.45, 7) is 4.74. The van der Waals surface area contributed by atoms with Crippen LogP contribution < -0.4 is 15.0 Å². The lowest BCUT2D eigenvalue weighted by atomic mass is 10.2. The van der Waals surface area contributed by atoms with Crippen molar-refractivity contribution >= 4 is 38.2 Å². The quantitative estimate of drug-likeness (QED) is 0.606. The van der Waals surface area contributed by atoms with Gasteiger partial charge in [0.05, 0.1) is 30.5 Å². The molecule has 0 bridgehead atoms. The summed E-state index contributed by atoms with van der Waals surface area (Å²) < 4.78 is 33.5. The van der Waals surface area contributed by atoms with Gasteiger partial charge in [0, 0.05) is 30.7 Å². The van der Waals surface area contributed by atoms with E-state index in [1.165, 1.54) is 0 Å². The molecule has 0 atom stereocenters. The normalized spacial score (nSPS) is 13.9. The number of likely N-dealkylation sites (N-methyl/N-ethyl adjacent to an activating group) is 2. The smallest absolute Gasteiger partial charge is 0.245 e. The minimum atomic E-state index is -3.91. The maximum Gasteiger partial charge on any atom is 0.245 e. The number of rotatable bonds is 6. The number of fused-ring (bicyclic) bond motifs is 2. The third-order valence-corrected chi connectivity index (χ3v) is 7.23. The van der Waals surface area contributed by atoms with Crippen molar-refractivity contribution in [2.75, 3.05) is 43.5 Å². The standard InChI is InChI=1S/C21H25N5O4S/c1-4-26(31(28,29)19-10-14(2)9-15-12-22-24-21(15)19)13-20(27)23-16-5-6-17-18(11-16)30-8-7-25(17)3/h5-6,9-12H,4,7-8,13H2,1-3H3,(H,22,24)(H,23,27). The topological polar surface area (TPSA) is 108 Å². The molecule has 0 aliphatic carbocycles. The highest BCUT2D eigenvalue weighted by Gasteiger charge is 2.28. The lowest BCUT2D eigenvalue weighted by Crippen LogP contribution is -2.38. The molecule has 2 aromatic carbocycles. The fraction of sp³-hybridized carbons (Fsp3) is 0.333. The number of aromatic nitrogens is 2. The molecule has 0 saturated heterocycles. The maximum atomic E-state index is 13.3. The van der Waals surface area contributed by atoms with Gasteiger partial charge >= 0.3 is 0 Å². The molecule has 2 N–H and O–H groups in total. The molecule has 2 heterocycles. The first-order valence-corrected chi connectivity index (χ1v) is 11.5. The minimum absolute atomic E-state index is 0.111. The number of nitrogens with zero attached hydrogens (tertiary/aromatic N) is 3. The summed E-state index contributed by atoms with van der Waals surface area (Å²) in [5, 5.41) is 10.2. The largest absolute Gasteiger partial charge is 0.489 e.